The van der Waals surface area contributed by atoms with Gasteiger partial charge in [0.1, 0.15) is 0 Å². The summed E-state index contributed by atoms with van der Waals surface area (Å²) in [6, 6.07) is 5.06. The molecule has 1 rings (SSSR count). The fraction of sp³-hybridized carbons (Fsp3) is 0.571. The van der Waals surface area contributed by atoms with Gasteiger partial charge in [-0.1, -0.05) is 32.9 Å². The van der Waals surface area contributed by atoms with Crippen LogP contribution < -0.4 is 5.32 Å². The Hall–Kier alpha value is -1.26. The molecule has 0 saturated heterocycles. The smallest absolute Gasteiger partial charge is 0.161 e. The average molecular weight is 253 g/mol. The number of phenolic OH excluding ortho intramolecular Hbond substituents is 2. The standard InChI is InChI=1S/C14H23NO3/c1-14(2,3)12(7-8-16)15-9-10-5-4-6-11(17)13(10)18/h4-6,12,15-18H,7-9H2,1-3H3. The maximum Gasteiger partial charge on any atom is 0.161 e. The number of hydrogen-bond acceptors (Lipinski definition) is 4. The highest BCUT2D eigenvalue weighted by Gasteiger charge is 2.23. The van der Waals surface area contributed by atoms with E-state index in [1.54, 1.807) is 12.1 Å². The maximum absolute atomic E-state index is 9.70. The van der Waals surface area contributed by atoms with Crippen LogP contribution in [0.2, 0.25) is 0 Å². The van der Waals surface area contributed by atoms with E-state index in [1.165, 1.54) is 6.07 Å². The summed E-state index contributed by atoms with van der Waals surface area (Å²) in [5.74, 6) is -0.189. The molecule has 18 heavy (non-hydrogen) atoms. The van der Waals surface area contributed by atoms with Crippen molar-refractivity contribution in [2.24, 2.45) is 5.41 Å². The van der Waals surface area contributed by atoms with E-state index in [9.17, 15) is 10.2 Å². The predicted molar refractivity (Wildman–Crippen MR) is 71.6 cm³/mol. The molecular formula is C14H23NO3. The van der Waals surface area contributed by atoms with Crippen molar-refractivity contribution in [3.05, 3.63) is 23.8 Å². The zero-order chi connectivity index (χ0) is 13.8. The van der Waals surface area contributed by atoms with Gasteiger partial charge >= 0.3 is 0 Å². The van der Waals surface area contributed by atoms with Crippen LogP contribution in [0.4, 0.5) is 0 Å². The number of benzene rings is 1. The van der Waals surface area contributed by atoms with Gasteiger partial charge in [-0.15, -0.1) is 0 Å². The third-order valence-electron chi connectivity index (χ3n) is 3.10. The fourth-order valence-corrected chi connectivity index (χ4v) is 1.92. The zero-order valence-corrected chi connectivity index (χ0v) is 11.3. The van der Waals surface area contributed by atoms with E-state index >= 15 is 0 Å². The summed E-state index contributed by atoms with van der Waals surface area (Å²) in [6.07, 6.45) is 0.656. The monoisotopic (exact) mass is 253 g/mol. The molecule has 0 heterocycles. The number of aliphatic hydroxyl groups excluding tert-OH is 1. The molecule has 4 heteroatoms. The quantitative estimate of drug-likeness (QED) is 0.606. The largest absolute Gasteiger partial charge is 0.504 e. The first kappa shape index (κ1) is 14.8. The van der Waals surface area contributed by atoms with E-state index < -0.39 is 0 Å². The summed E-state index contributed by atoms with van der Waals surface area (Å²) in [5, 5.41) is 31.5. The lowest BCUT2D eigenvalue weighted by molar-refractivity contribution is 0.196. The minimum absolute atomic E-state index is 0.0230. The molecule has 1 aromatic rings. The molecule has 0 aliphatic heterocycles. The Morgan fingerprint density at radius 3 is 2.44 bits per heavy atom. The number of phenols is 2. The fourth-order valence-electron chi connectivity index (χ4n) is 1.92. The summed E-state index contributed by atoms with van der Waals surface area (Å²) < 4.78 is 0. The van der Waals surface area contributed by atoms with Crippen LogP contribution in [0.1, 0.15) is 32.8 Å². The average Bonchev–Trinajstić information content (AvgIpc) is 2.28. The third kappa shape index (κ3) is 3.89. The predicted octanol–water partition coefficient (Wildman–Crippen LogP) is 1.98. The Morgan fingerprint density at radius 2 is 1.89 bits per heavy atom. The van der Waals surface area contributed by atoms with Crippen LogP contribution >= 0.6 is 0 Å². The molecule has 0 amide bonds. The molecule has 0 aliphatic rings. The second-order valence-electron chi connectivity index (χ2n) is 5.60. The van der Waals surface area contributed by atoms with Crippen LogP contribution in [0.5, 0.6) is 11.5 Å². The lowest BCUT2D eigenvalue weighted by Gasteiger charge is -2.31. The lowest BCUT2D eigenvalue weighted by Crippen LogP contribution is -2.40. The molecule has 0 fully saturated rings. The summed E-state index contributed by atoms with van der Waals surface area (Å²) in [4.78, 5) is 0. The molecule has 0 aromatic heterocycles. The van der Waals surface area contributed by atoms with E-state index in [1.807, 2.05) is 0 Å². The molecule has 1 atom stereocenters. The number of para-hydroxylation sites is 1. The second kappa shape index (κ2) is 6.07. The minimum atomic E-state index is -0.108. The highest BCUT2D eigenvalue weighted by molar-refractivity contribution is 5.44. The SMILES string of the molecule is CC(C)(C)C(CCO)NCc1cccc(O)c1O. The minimum Gasteiger partial charge on any atom is -0.504 e. The Balaban J connectivity index is 2.70. The number of aliphatic hydroxyl groups is 1. The van der Waals surface area contributed by atoms with Crippen LogP contribution in [-0.4, -0.2) is 28.0 Å². The van der Waals surface area contributed by atoms with E-state index in [-0.39, 0.29) is 29.6 Å². The molecule has 0 radical (unpaired) electrons. The molecule has 4 N–H and O–H groups in total. The number of aromatic hydroxyl groups is 2. The topological polar surface area (TPSA) is 72.7 Å². The molecule has 0 bridgehead atoms. The molecule has 1 aromatic carbocycles. The summed E-state index contributed by atoms with van der Waals surface area (Å²) in [6.45, 7) is 6.89. The molecule has 102 valence electrons. The van der Waals surface area contributed by atoms with Crippen molar-refractivity contribution in [3.63, 3.8) is 0 Å². The maximum atomic E-state index is 9.70. The first-order valence-corrected chi connectivity index (χ1v) is 6.20. The Morgan fingerprint density at radius 1 is 1.22 bits per heavy atom. The van der Waals surface area contributed by atoms with Crippen molar-refractivity contribution >= 4 is 0 Å². The first-order chi connectivity index (χ1) is 8.36. The third-order valence-corrected chi connectivity index (χ3v) is 3.10. The van der Waals surface area contributed by atoms with E-state index in [4.69, 9.17) is 5.11 Å². The molecule has 0 aliphatic carbocycles. The number of rotatable bonds is 5. The van der Waals surface area contributed by atoms with Gasteiger partial charge in [-0.05, 0) is 17.9 Å². The van der Waals surface area contributed by atoms with Crippen molar-refractivity contribution < 1.29 is 15.3 Å². The van der Waals surface area contributed by atoms with Crippen molar-refractivity contribution in [1.82, 2.24) is 5.32 Å². The van der Waals surface area contributed by atoms with Gasteiger partial charge in [0.2, 0.25) is 0 Å². The van der Waals surface area contributed by atoms with Crippen LogP contribution in [0.25, 0.3) is 0 Å². The zero-order valence-electron chi connectivity index (χ0n) is 11.3. The van der Waals surface area contributed by atoms with Gasteiger partial charge in [-0.3, -0.25) is 0 Å². The normalized spacial score (nSPS) is 13.6. The van der Waals surface area contributed by atoms with Gasteiger partial charge in [0, 0.05) is 24.8 Å². The van der Waals surface area contributed by atoms with Crippen molar-refractivity contribution in [3.8, 4) is 11.5 Å². The van der Waals surface area contributed by atoms with E-state index in [0.717, 1.165) is 0 Å². The van der Waals surface area contributed by atoms with Gasteiger partial charge < -0.3 is 20.6 Å². The summed E-state index contributed by atoms with van der Waals surface area (Å²) >= 11 is 0. The van der Waals surface area contributed by atoms with Gasteiger partial charge in [0.15, 0.2) is 11.5 Å². The van der Waals surface area contributed by atoms with E-state index in [2.05, 4.69) is 26.1 Å². The molecule has 0 spiro atoms. The second-order valence-corrected chi connectivity index (χ2v) is 5.60. The molecular weight excluding hydrogens is 230 g/mol. The molecule has 0 saturated carbocycles. The van der Waals surface area contributed by atoms with Gasteiger partial charge in [0.05, 0.1) is 0 Å². The number of hydrogen-bond donors (Lipinski definition) is 4. The van der Waals surface area contributed by atoms with Crippen molar-refractivity contribution in [1.29, 1.82) is 0 Å². The van der Waals surface area contributed by atoms with Crippen molar-refractivity contribution in [2.45, 2.75) is 39.8 Å². The molecule has 4 nitrogen and oxygen atoms in total. The number of nitrogens with one attached hydrogen (secondary N) is 1. The van der Waals surface area contributed by atoms with Gasteiger partial charge in [-0.2, -0.15) is 0 Å². The lowest BCUT2D eigenvalue weighted by atomic mass is 9.85. The Kier molecular flexibility index (Phi) is 4.99. The highest BCUT2D eigenvalue weighted by atomic mass is 16.3. The van der Waals surface area contributed by atoms with Crippen LogP contribution in [0.3, 0.4) is 0 Å². The Labute approximate surface area is 108 Å². The van der Waals surface area contributed by atoms with Crippen LogP contribution in [0, 0.1) is 5.41 Å². The van der Waals surface area contributed by atoms with Crippen molar-refractivity contribution in [2.75, 3.05) is 6.61 Å². The highest BCUT2D eigenvalue weighted by Crippen LogP contribution is 2.29. The van der Waals surface area contributed by atoms with Gasteiger partial charge in [0.25, 0.3) is 0 Å². The van der Waals surface area contributed by atoms with E-state index in [0.29, 0.717) is 18.5 Å². The summed E-state index contributed by atoms with van der Waals surface area (Å²) in [5.41, 5.74) is 0.678. The molecule has 1 unspecified atom stereocenters. The Bertz CT molecular complexity index is 385. The summed E-state index contributed by atoms with van der Waals surface area (Å²) in [7, 11) is 0. The van der Waals surface area contributed by atoms with Crippen LogP contribution in [0.15, 0.2) is 18.2 Å². The van der Waals surface area contributed by atoms with Gasteiger partial charge in [-0.25, -0.2) is 0 Å². The van der Waals surface area contributed by atoms with Crippen LogP contribution in [-0.2, 0) is 6.54 Å². The first-order valence-electron chi connectivity index (χ1n) is 6.20.